The van der Waals surface area contributed by atoms with Gasteiger partial charge in [-0.05, 0) is 24.3 Å². The zero-order valence-corrected chi connectivity index (χ0v) is 11.7. The lowest BCUT2D eigenvalue weighted by Gasteiger charge is -2.12. The summed E-state index contributed by atoms with van der Waals surface area (Å²) < 4.78 is 10.5. The molecule has 2 aromatic rings. The largest absolute Gasteiger partial charge is 0.497 e. The third-order valence-corrected chi connectivity index (χ3v) is 3.19. The molecule has 0 atom stereocenters. The van der Waals surface area contributed by atoms with Gasteiger partial charge < -0.3 is 14.8 Å². The molecule has 100 valence electrons. The smallest absolute Gasteiger partial charge is 0.125 e. The van der Waals surface area contributed by atoms with Gasteiger partial charge in [-0.15, -0.1) is 0 Å². The Morgan fingerprint density at radius 2 is 1.84 bits per heavy atom. The van der Waals surface area contributed by atoms with Crippen LogP contribution < -0.4 is 14.8 Å². The second-order valence-corrected chi connectivity index (χ2v) is 4.41. The van der Waals surface area contributed by atoms with E-state index in [-0.39, 0.29) is 0 Å². The van der Waals surface area contributed by atoms with Gasteiger partial charge in [0.1, 0.15) is 11.5 Å². The van der Waals surface area contributed by atoms with E-state index in [4.69, 9.17) is 21.1 Å². The molecule has 0 aliphatic rings. The van der Waals surface area contributed by atoms with E-state index in [0.717, 1.165) is 22.7 Å². The van der Waals surface area contributed by atoms with Crippen molar-refractivity contribution in [2.24, 2.45) is 0 Å². The number of halogens is 1. The lowest BCUT2D eigenvalue weighted by Crippen LogP contribution is -2.02. The van der Waals surface area contributed by atoms with E-state index in [1.54, 1.807) is 14.2 Å². The van der Waals surface area contributed by atoms with Crippen LogP contribution >= 0.6 is 11.6 Å². The Morgan fingerprint density at radius 1 is 1.05 bits per heavy atom. The van der Waals surface area contributed by atoms with Crippen LogP contribution in [0.3, 0.4) is 0 Å². The number of methoxy groups -OCH3 is 2. The maximum absolute atomic E-state index is 6.19. The summed E-state index contributed by atoms with van der Waals surface area (Å²) in [5.74, 6) is 1.60. The predicted molar refractivity (Wildman–Crippen MR) is 78.3 cm³/mol. The molecule has 19 heavy (non-hydrogen) atoms. The average molecular weight is 278 g/mol. The molecule has 0 spiro atoms. The summed E-state index contributed by atoms with van der Waals surface area (Å²) in [4.78, 5) is 0. The number of rotatable bonds is 5. The molecule has 0 aliphatic carbocycles. The number of benzene rings is 2. The number of hydrogen-bond acceptors (Lipinski definition) is 3. The first-order chi connectivity index (χ1) is 9.24. The van der Waals surface area contributed by atoms with Crippen LogP contribution in [-0.4, -0.2) is 14.2 Å². The van der Waals surface area contributed by atoms with Crippen LogP contribution in [0.5, 0.6) is 11.5 Å². The van der Waals surface area contributed by atoms with Crippen molar-refractivity contribution in [3.8, 4) is 11.5 Å². The second-order valence-electron chi connectivity index (χ2n) is 4.01. The van der Waals surface area contributed by atoms with Crippen molar-refractivity contribution >= 4 is 17.3 Å². The van der Waals surface area contributed by atoms with Gasteiger partial charge in [0.15, 0.2) is 0 Å². The van der Waals surface area contributed by atoms with Crippen LogP contribution in [-0.2, 0) is 6.54 Å². The van der Waals surface area contributed by atoms with Crippen LogP contribution in [0, 0.1) is 0 Å². The molecule has 4 heteroatoms. The summed E-state index contributed by atoms with van der Waals surface area (Å²) in [6.45, 7) is 0.593. The highest BCUT2D eigenvalue weighted by Gasteiger charge is 2.07. The van der Waals surface area contributed by atoms with Crippen LogP contribution in [0.2, 0.25) is 5.02 Å². The molecule has 0 aromatic heterocycles. The minimum Gasteiger partial charge on any atom is -0.497 e. The molecule has 0 bridgehead atoms. The van der Waals surface area contributed by atoms with Crippen molar-refractivity contribution < 1.29 is 9.47 Å². The third-order valence-electron chi connectivity index (χ3n) is 2.83. The Morgan fingerprint density at radius 3 is 2.58 bits per heavy atom. The van der Waals surface area contributed by atoms with E-state index in [0.29, 0.717) is 11.6 Å². The topological polar surface area (TPSA) is 30.5 Å². The first-order valence-corrected chi connectivity index (χ1v) is 6.31. The minimum atomic E-state index is 0.593. The van der Waals surface area contributed by atoms with Gasteiger partial charge in [0.25, 0.3) is 0 Å². The predicted octanol–water partition coefficient (Wildman–Crippen LogP) is 3.97. The number of nitrogens with one attached hydrogen (secondary N) is 1. The third kappa shape index (κ3) is 3.32. The molecule has 0 saturated carbocycles. The molecule has 2 aromatic carbocycles. The Labute approximate surface area is 118 Å². The Hall–Kier alpha value is -1.87. The van der Waals surface area contributed by atoms with E-state index in [1.165, 1.54) is 0 Å². The van der Waals surface area contributed by atoms with Crippen molar-refractivity contribution in [3.63, 3.8) is 0 Å². The lowest BCUT2D eigenvalue weighted by atomic mass is 10.2. The summed E-state index contributed by atoms with van der Waals surface area (Å²) >= 11 is 6.19. The highest BCUT2D eigenvalue weighted by Crippen LogP contribution is 2.27. The monoisotopic (exact) mass is 277 g/mol. The maximum atomic E-state index is 6.19. The summed E-state index contributed by atoms with van der Waals surface area (Å²) in [5, 5.41) is 4.00. The molecule has 1 N–H and O–H groups in total. The van der Waals surface area contributed by atoms with Crippen LogP contribution in [0.15, 0.2) is 42.5 Å². The quantitative estimate of drug-likeness (QED) is 0.897. The number of ether oxygens (including phenoxy) is 2. The van der Waals surface area contributed by atoms with E-state index in [2.05, 4.69) is 5.32 Å². The average Bonchev–Trinajstić information content (AvgIpc) is 2.46. The van der Waals surface area contributed by atoms with Crippen LogP contribution in [0.25, 0.3) is 0 Å². The van der Waals surface area contributed by atoms with E-state index < -0.39 is 0 Å². The molecule has 0 unspecified atom stereocenters. The molecule has 0 amide bonds. The van der Waals surface area contributed by atoms with Crippen molar-refractivity contribution in [1.29, 1.82) is 0 Å². The molecule has 0 saturated heterocycles. The Balaban J connectivity index is 2.14. The molecule has 0 heterocycles. The second kappa shape index (κ2) is 6.34. The Kier molecular flexibility index (Phi) is 4.53. The SMILES string of the molecule is COc1cccc(NCc2c(Cl)cccc2OC)c1. The highest BCUT2D eigenvalue weighted by atomic mass is 35.5. The molecular formula is C15H16ClNO2. The fraction of sp³-hybridized carbons (Fsp3) is 0.200. The lowest BCUT2D eigenvalue weighted by molar-refractivity contribution is 0.410. The number of hydrogen-bond donors (Lipinski definition) is 1. The molecular weight excluding hydrogens is 262 g/mol. The van der Waals surface area contributed by atoms with Gasteiger partial charge >= 0.3 is 0 Å². The van der Waals surface area contributed by atoms with Crippen LogP contribution in [0.4, 0.5) is 5.69 Å². The highest BCUT2D eigenvalue weighted by molar-refractivity contribution is 6.31. The van der Waals surface area contributed by atoms with E-state index in [9.17, 15) is 0 Å². The van der Waals surface area contributed by atoms with Gasteiger partial charge in [-0.1, -0.05) is 23.7 Å². The minimum absolute atomic E-state index is 0.593. The zero-order chi connectivity index (χ0) is 13.7. The summed E-state index contributed by atoms with van der Waals surface area (Å²) in [6, 6.07) is 13.4. The van der Waals surface area contributed by atoms with Gasteiger partial charge in [0, 0.05) is 28.9 Å². The number of anilines is 1. The fourth-order valence-electron chi connectivity index (χ4n) is 1.83. The fourth-order valence-corrected chi connectivity index (χ4v) is 2.06. The van der Waals surface area contributed by atoms with Gasteiger partial charge in [0.2, 0.25) is 0 Å². The zero-order valence-electron chi connectivity index (χ0n) is 10.9. The molecule has 0 radical (unpaired) electrons. The molecule has 2 rings (SSSR count). The van der Waals surface area contributed by atoms with Gasteiger partial charge in [0.05, 0.1) is 14.2 Å². The molecule has 0 fully saturated rings. The summed E-state index contributed by atoms with van der Waals surface area (Å²) in [5.41, 5.74) is 1.91. The van der Waals surface area contributed by atoms with Crippen molar-refractivity contribution in [2.45, 2.75) is 6.54 Å². The normalized spacial score (nSPS) is 10.1. The van der Waals surface area contributed by atoms with Crippen LogP contribution in [0.1, 0.15) is 5.56 Å². The van der Waals surface area contributed by atoms with Gasteiger partial charge in [-0.3, -0.25) is 0 Å². The van der Waals surface area contributed by atoms with Crippen molar-refractivity contribution in [3.05, 3.63) is 53.1 Å². The van der Waals surface area contributed by atoms with Gasteiger partial charge in [-0.25, -0.2) is 0 Å². The maximum Gasteiger partial charge on any atom is 0.125 e. The summed E-state index contributed by atoms with van der Waals surface area (Å²) in [7, 11) is 3.29. The molecule has 0 aliphatic heterocycles. The standard InChI is InChI=1S/C15H16ClNO2/c1-18-12-6-3-5-11(9-12)17-10-13-14(16)7-4-8-15(13)19-2/h3-9,17H,10H2,1-2H3. The van der Waals surface area contributed by atoms with Crippen molar-refractivity contribution in [1.82, 2.24) is 0 Å². The van der Waals surface area contributed by atoms with E-state index >= 15 is 0 Å². The van der Waals surface area contributed by atoms with E-state index in [1.807, 2.05) is 42.5 Å². The summed E-state index contributed by atoms with van der Waals surface area (Å²) in [6.07, 6.45) is 0. The Bertz CT molecular complexity index is 558. The van der Waals surface area contributed by atoms with Gasteiger partial charge in [-0.2, -0.15) is 0 Å². The first kappa shape index (κ1) is 13.6. The first-order valence-electron chi connectivity index (χ1n) is 5.94. The molecule has 3 nitrogen and oxygen atoms in total. The van der Waals surface area contributed by atoms with Crippen molar-refractivity contribution in [2.75, 3.05) is 19.5 Å².